The monoisotopic (exact) mass is 498 g/mol. The van der Waals surface area contributed by atoms with Gasteiger partial charge in [-0.1, -0.05) is 46.3 Å². The van der Waals surface area contributed by atoms with Gasteiger partial charge in [0.1, 0.15) is 5.75 Å². The maximum Gasteiger partial charge on any atom is 0.234 e. The average Bonchev–Trinajstić information content (AvgIpc) is 3.24. The summed E-state index contributed by atoms with van der Waals surface area (Å²) >= 11 is 3.39. The van der Waals surface area contributed by atoms with Crippen LogP contribution in [0.1, 0.15) is 5.56 Å². The third-order valence-electron chi connectivity index (χ3n) is 4.61. The number of sulfone groups is 1. The van der Waals surface area contributed by atoms with Gasteiger partial charge < -0.3 is 14.5 Å². The Morgan fingerprint density at radius 2 is 1.65 bits per heavy atom. The molecule has 0 atom stereocenters. The van der Waals surface area contributed by atoms with E-state index in [0.29, 0.717) is 17.9 Å². The third kappa shape index (κ3) is 4.65. The average molecular weight is 499 g/mol. The first-order valence-corrected chi connectivity index (χ1v) is 11.7. The van der Waals surface area contributed by atoms with Crippen LogP contribution in [0.4, 0.5) is 5.88 Å². The van der Waals surface area contributed by atoms with Crippen molar-refractivity contribution >= 4 is 31.7 Å². The molecular formula is C23H19BrN2O4S. The number of halogens is 1. The minimum absolute atomic E-state index is 0.0950. The number of aromatic nitrogens is 1. The van der Waals surface area contributed by atoms with Crippen LogP contribution in [0.25, 0.3) is 11.5 Å². The number of rotatable bonds is 7. The van der Waals surface area contributed by atoms with Crippen LogP contribution in [0.15, 0.2) is 97.7 Å². The minimum Gasteiger partial charge on any atom is -0.497 e. The molecule has 0 aliphatic carbocycles. The first kappa shape index (κ1) is 21.1. The smallest absolute Gasteiger partial charge is 0.234 e. The van der Waals surface area contributed by atoms with E-state index in [9.17, 15) is 8.42 Å². The maximum absolute atomic E-state index is 13.4. The topological polar surface area (TPSA) is 81.4 Å². The van der Waals surface area contributed by atoms with Crippen molar-refractivity contribution in [3.8, 4) is 17.2 Å². The Balaban J connectivity index is 1.75. The summed E-state index contributed by atoms with van der Waals surface area (Å²) in [6.45, 7) is 0.390. The van der Waals surface area contributed by atoms with Gasteiger partial charge in [-0.15, -0.1) is 0 Å². The summed E-state index contributed by atoms with van der Waals surface area (Å²) in [6.07, 6.45) is 0. The quantitative estimate of drug-likeness (QED) is 0.359. The zero-order valence-corrected chi connectivity index (χ0v) is 19.0. The number of benzene rings is 3. The van der Waals surface area contributed by atoms with Crippen LogP contribution >= 0.6 is 15.9 Å². The van der Waals surface area contributed by atoms with Gasteiger partial charge in [-0.25, -0.2) is 8.42 Å². The number of hydrogen-bond donors (Lipinski definition) is 1. The van der Waals surface area contributed by atoms with Gasteiger partial charge in [0.05, 0.1) is 12.0 Å². The highest BCUT2D eigenvalue weighted by atomic mass is 79.9. The largest absolute Gasteiger partial charge is 0.497 e. The van der Waals surface area contributed by atoms with Crippen molar-refractivity contribution in [3.05, 3.63) is 88.9 Å². The number of ether oxygens (including phenoxy) is 1. The van der Waals surface area contributed by atoms with Gasteiger partial charge in [0, 0.05) is 16.6 Å². The fourth-order valence-electron chi connectivity index (χ4n) is 2.96. The highest BCUT2D eigenvalue weighted by Gasteiger charge is 2.28. The van der Waals surface area contributed by atoms with Crippen molar-refractivity contribution in [2.75, 3.05) is 12.4 Å². The molecule has 4 aromatic rings. The second kappa shape index (κ2) is 8.95. The summed E-state index contributed by atoms with van der Waals surface area (Å²) in [6, 6.07) is 23.1. The van der Waals surface area contributed by atoms with E-state index in [1.54, 1.807) is 24.3 Å². The molecule has 0 spiro atoms. The summed E-state index contributed by atoms with van der Waals surface area (Å²) in [5.74, 6) is 0.879. The van der Waals surface area contributed by atoms with Crippen molar-refractivity contribution < 1.29 is 17.6 Å². The zero-order chi connectivity index (χ0) is 21.8. The van der Waals surface area contributed by atoms with E-state index in [2.05, 4.69) is 26.2 Å². The van der Waals surface area contributed by atoms with E-state index < -0.39 is 9.84 Å². The zero-order valence-electron chi connectivity index (χ0n) is 16.6. The molecule has 6 nitrogen and oxygen atoms in total. The lowest BCUT2D eigenvalue weighted by Gasteiger charge is -2.07. The number of nitrogens with zero attached hydrogens (tertiary/aromatic N) is 1. The fourth-order valence-corrected chi connectivity index (χ4v) is 4.50. The van der Waals surface area contributed by atoms with Crippen LogP contribution in [-0.4, -0.2) is 20.5 Å². The number of anilines is 1. The third-order valence-corrected chi connectivity index (χ3v) is 6.81. The fraction of sp³-hybridized carbons (Fsp3) is 0.0870. The highest BCUT2D eigenvalue weighted by Crippen LogP contribution is 2.33. The molecule has 1 heterocycles. The first-order valence-electron chi connectivity index (χ1n) is 9.41. The van der Waals surface area contributed by atoms with Crippen molar-refractivity contribution in [1.82, 2.24) is 4.98 Å². The second-order valence-electron chi connectivity index (χ2n) is 6.68. The van der Waals surface area contributed by atoms with Crippen molar-refractivity contribution in [2.45, 2.75) is 16.5 Å². The molecule has 0 saturated carbocycles. The van der Waals surface area contributed by atoms with Crippen molar-refractivity contribution in [2.24, 2.45) is 0 Å². The van der Waals surface area contributed by atoms with Gasteiger partial charge in [-0.05, 0) is 54.1 Å². The Hall–Kier alpha value is -3.10. The standard InChI is InChI=1S/C23H19BrN2O4S/c1-29-19-11-13-20(14-12-19)31(27,28)23-22(25-15-16-5-3-2-4-6-16)30-21(26-23)17-7-9-18(24)10-8-17/h2-14,25H,15H2,1H3. The number of nitrogens with one attached hydrogen (secondary N) is 1. The SMILES string of the molecule is COc1ccc(S(=O)(=O)c2nc(-c3ccc(Br)cc3)oc2NCc2ccccc2)cc1. The summed E-state index contributed by atoms with van der Waals surface area (Å²) in [7, 11) is -2.40. The molecule has 31 heavy (non-hydrogen) atoms. The van der Waals surface area contributed by atoms with E-state index >= 15 is 0 Å². The lowest BCUT2D eigenvalue weighted by molar-refractivity contribution is 0.414. The molecule has 0 bridgehead atoms. The predicted molar refractivity (Wildman–Crippen MR) is 122 cm³/mol. The van der Waals surface area contributed by atoms with Gasteiger partial charge in [0.2, 0.25) is 26.6 Å². The number of methoxy groups -OCH3 is 1. The normalized spacial score (nSPS) is 11.3. The minimum atomic E-state index is -3.93. The lowest BCUT2D eigenvalue weighted by Crippen LogP contribution is -2.07. The van der Waals surface area contributed by atoms with Crippen LogP contribution in [0.2, 0.25) is 0 Å². The van der Waals surface area contributed by atoms with Gasteiger partial charge in [0.15, 0.2) is 0 Å². The first-order chi connectivity index (χ1) is 15.0. The molecule has 0 unspecified atom stereocenters. The summed E-state index contributed by atoms with van der Waals surface area (Å²) in [5.41, 5.74) is 1.65. The van der Waals surface area contributed by atoms with Gasteiger partial charge >= 0.3 is 0 Å². The van der Waals surface area contributed by atoms with Crippen LogP contribution in [-0.2, 0) is 16.4 Å². The number of hydrogen-bond acceptors (Lipinski definition) is 6. The molecule has 0 fully saturated rings. The highest BCUT2D eigenvalue weighted by molar-refractivity contribution is 9.10. The molecule has 1 aromatic heterocycles. The van der Waals surface area contributed by atoms with Crippen molar-refractivity contribution in [3.63, 3.8) is 0 Å². The van der Waals surface area contributed by atoms with Crippen LogP contribution in [0.5, 0.6) is 5.75 Å². The molecule has 1 N–H and O–H groups in total. The van der Waals surface area contributed by atoms with Crippen LogP contribution < -0.4 is 10.1 Å². The molecule has 0 radical (unpaired) electrons. The molecule has 158 valence electrons. The Morgan fingerprint density at radius 3 is 2.29 bits per heavy atom. The molecule has 0 saturated heterocycles. The summed E-state index contributed by atoms with van der Waals surface area (Å²) < 4.78 is 38.6. The molecule has 3 aromatic carbocycles. The Labute approximate surface area is 189 Å². The maximum atomic E-state index is 13.4. The van der Waals surface area contributed by atoms with Gasteiger partial charge in [-0.2, -0.15) is 4.98 Å². The Kier molecular flexibility index (Phi) is 6.11. The summed E-state index contributed by atoms with van der Waals surface area (Å²) in [5, 5.41) is 2.93. The molecule has 4 rings (SSSR count). The Bertz CT molecular complexity index is 1270. The molecular weight excluding hydrogens is 480 g/mol. The lowest BCUT2D eigenvalue weighted by atomic mass is 10.2. The number of oxazole rings is 1. The molecule has 0 aliphatic rings. The van der Waals surface area contributed by atoms with E-state index in [4.69, 9.17) is 9.15 Å². The van der Waals surface area contributed by atoms with E-state index in [1.165, 1.54) is 19.2 Å². The second-order valence-corrected chi connectivity index (χ2v) is 9.46. The summed E-state index contributed by atoms with van der Waals surface area (Å²) in [4.78, 5) is 4.45. The molecule has 8 heteroatoms. The predicted octanol–water partition coefficient (Wildman–Crippen LogP) is 5.56. The van der Waals surface area contributed by atoms with Crippen LogP contribution in [0, 0.1) is 0 Å². The van der Waals surface area contributed by atoms with E-state index in [1.807, 2.05) is 42.5 Å². The van der Waals surface area contributed by atoms with Crippen LogP contribution in [0.3, 0.4) is 0 Å². The molecule has 0 aliphatic heterocycles. The van der Waals surface area contributed by atoms with Gasteiger partial charge in [0.25, 0.3) is 0 Å². The molecule has 0 amide bonds. The van der Waals surface area contributed by atoms with Crippen molar-refractivity contribution in [1.29, 1.82) is 0 Å². The van der Waals surface area contributed by atoms with Gasteiger partial charge in [-0.3, -0.25) is 0 Å². The van der Waals surface area contributed by atoms with E-state index in [-0.39, 0.29) is 21.7 Å². The van der Waals surface area contributed by atoms with E-state index in [0.717, 1.165) is 10.0 Å². The Morgan fingerprint density at radius 1 is 0.968 bits per heavy atom.